The molecule has 90 valence electrons. The van der Waals surface area contributed by atoms with Crippen LogP contribution in [-0.4, -0.2) is 12.3 Å². The molecular weight excluding hydrogens is 292 g/mol. The molecule has 0 amide bonds. The summed E-state index contributed by atoms with van der Waals surface area (Å²) >= 11 is 3.05. The lowest BCUT2D eigenvalue weighted by molar-refractivity contribution is -0.217. The lowest BCUT2D eigenvalue weighted by Crippen LogP contribution is -2.28. The zero-order chi connectivity index (χ0) is 12.3. The van der Waals surface area contributed by atoms with Crippen LogP contribution in [0.15, 0.2) is 22.7 Å². The van der Waals surface area contributed by atoms with E-state index < -0.39 is 18.1 Å². The molecule has 0 aliphatic rings. The molecule has 0 aromatic heterocycles. The van der Waals surface area contributed by atoms with Gasteiger partial charge in [-0.2, -0.15) is 13.2 Å². The van der Waals surface area contributed by atoms with Gasteiger partial charge in [0.25, 0.3) is 0 Å². The van der Waals surface area contributed by atoms with Gasteiger partial charge < -0.3 is 4.74 Å². The third kappa shape index (κ3) is 3.75. The van der Waals surface area contributed by atoms with Crippen LogP contribution in [0.2, 0.25) is 0 Å². The number of hydrogen-bond acceptors (Lipinski definition) is 1. The molecule has 0 saturated heterocycles. The summed E-state index contributed by atoms with van der Waals surface area (Å²) in [5.74, 6) is -0.459. The van der Waals surface area contributed by atoms with Crippen molar-refractivity contribution in [2.45, 2.75) is 25.8 Å². The number of halogens is 5. The van der Waals surface area contributed by atoms with Crippen molar-refractivity contribution < 1.29 is 22.3 Å². The number of ether oxygens (including phenoxy) is 1. The number of hydrogen-bond donors (Lipinski definition) is 0. The molecule has 1 nitrogen and oxygen atoms in total. The van der Waals surface area contributed by atoms with Crippen molar-refractivity contribution in [1.29, 1.82) is 0 Å². The zero-order valence-corrected chi connectivity index (χ0v) is 9.90. The van der Waals surface area contributed by atoms with Gasteiger partial charge in [0, 0.05) is 4.47 Å². The average Bonchev–Trinajstić information content (AvgIpc) is 2.14. The Kier molecular flexibility index (Phi) is 4.32. The second-order valence-electron chi connectivity index (χ2n) is 3.23. The normalized spacial score (nSPS) is 13.9. The minimum atomic E-state index is -4.38. The lowest BCUT2D eigenvalue weighted by atomic mass is 10.2. The average molecular weight is 301 g/mol. The van der Waals surface area contributed by atoms with Crippen LogP contribution < -0.4 is 0 Å². The van der Waals surface area contributed by atoms with Gasteiger partial charge in [-0.3, -0.25) is 0 Å². The van der Waals surface area contributed by atoms with Gasteiger partial charge in [0.15, 0.2) is 6.10 Å². The van der Waals surface area contributed by atoms with E-state index in [0.29, 0.717) is 10.0 Å². The molecule has 6 heteroatoms. The molecular formula is C10H9BrF4O. The minimum Gasteiger partial charge on any atom is -0.364 e. The summed E-state index contributed by atoms with van der Waals surface area (Å²) in [6, 6.07) is 3.72. The highest BCUT2D eigenvalue weighted by Gasteiger charge is 2.36. The van der Waals surface area contributed by atoms with Crippen LogP contribution in [-0.2, 0) is 11.3 Å². The predicted octanol–water partition coefficient (Wildman–Crippen LogP) is 4.06. The quantitative estimate of drug-likeness (QED) is 0.765. The SMILES string of the molecule is CC(OCc1ccc(F)cc1Br)C(F)(F)F. The molecule has 0 N–H and O–H groups in total. The summed E-state index contributed by atoms with van der Waals surface area (Å²) in [5.41, 5.74) is 0.470. The van der Waals surface area contributed by atoms with Gasteiger partial charge in [-0.25, -0.2) is 4.39 Å². The molecule has 0 fully saturated rings. The van der Waals surface area contributed by atoms with E-state index >= 15 is 0 Å². The van der Waals surface area contributed by atoms with Crippen LogP contribution in [0, 0.1) is 5.82 Å². The molecule has 1 unspecified atom stereocenters. The first-order valence-corrected chi connectivity index (χ1v) is 5.22. The molecule has 0 bridgehead atoms. The maximum absolute atomic E-state index is 12.7. The van der Waals surface area contributed by atoms with E-state index in [4.69, 9.17) is 0 Å². The molecule has 1 aromatic carbocycles. The number of benzene rings is 1. The highest BCUT2D eigenvalue weighted by atomic mass is 79.9. The van der Waals surface area contributed by atoms with Crippen LogP contribution in [0.5, 0.6) is 0 Å². The first-order chi connectivity index (χ1) is 7.30. The molecule has 0 radical (unpaired) electrons. The molecule has 1 atom stereocenters. The second kappa shape index (κ2) is 5.14. The van der Waals surface area contributed by atoms with Gasteiger partial charge in [-0.1, -0.05) is 22.0 Å². The van der Waals surface area contributed by atoms with E-state index in [2.05, 4.69) is 20.7 Å². The highest BCUT2D eigenvalue weighted by molar-refractivity contribution is 9.10. The molecule has 0 aliphatic heterocycles. The van der Waals surface area contributed by atoms with E-state index in [-0.39, 0.29) is 6.61 Å². The van der Waals surface area contributed by atoms with Crippen LogP contribution >= 0.6 is 15.9 Å². The third-order valence-corrected chi connectivity index (χ3v) is 2.70. The lowest BCUT2D eigenvalue weighted by Gasteiger charge is -2.16. The Hall–Kier alpha value is -0.620. The molecule has 0 spiro atoms. The topological polar surface area (TPSA) is 9.23 Å². The fourth-order valence-electron chi connectivity index (χ4n) is 0.948. The number of alkyl halides is 3. The maximum Gasteiger partial charge on any atom is 0.414 e. The zero-order valence-electron chi connectivity index (χ0n) is 8.31. The predicted molar refractivity (Wildman–Crippen MR) is 54.4 cm³/mol. The molecule has 0 heterocycles. The van der Waals surface area contributed by atoms with Crippen molar-refractivity contribution in [3.05, 3.63) is 34.1 Å². The Bertz CT molecular complexity index is 364. The first-order valence-electron chi connectivity index (χ1n) is 4.43. The van der Waals surface area contributed by atoms with Gasteiger partial charge in [0.1, 0.15) is 5.82 Å². The number of rotatable bonds is 3. The molecule has 0 saturated carbocycles. The molecule has 1 aromatic rings. The van der Waals surface area contributed by atoms with E-state index in [1.807, 2.05) is 0 Å². The summed E-state index contributed by atoms with van der Waals surface area (Å²) in [6.45, 7) is 0.707. The fourth-order valence-corrected chi connectivity index (χ4v) is 1.41. The minimum absolute atomic E-state index is 0.221. The molecule has 0 aliphatic carbocycles. The summed E-state index contributed by atoms with van der Waals surface area (Å²) < 4.78 is 54.1. The van der Waals surface area contributed by atoms with E-state index in [1.54, 1.807) is 0 Å². The van der Waals surface area contributed by atoms with Gasteiger partial charge >= 0.3 is 6.18 Å². The Labute approximate surface area is 98.5 Å². The summed E-state index contributed by atoms with van der Waals surface area (Å²) in [4.78, 5) is 0. The van der Waals surface area contributed by atoms with Gasteiger partial charge in [-0.15, -0.1) is 0 Å². The van der Waals surface area contributed by atoms with Crippen molar-refractivity contribution >= 4 is 15.9 Å². The summed E-state index contributed by atoms with van der Waals surface area (Å²) in [6.07, 6.45) is -6.23. The molecule has 1 rings (SSSR count). The van der Waals surface area contributed by atoms with Crippen LogP contribution in [0.1, 0.15) is 12.5 Å². The first kappa shape index (κ1) is 13.4. The smallest absolute Gasteiger partial charge is 0.364 e. The van der Waals surface area contributed by atoms with Crippen LogP contribution in [0.4, 0.5) is 17.6 Å². The van der Waals surface area contributed by atoms with Crippen LogP contribution in [0.25, 0.3) is 0 Å². The van der Waals surface area contributed by atoms with E-state index in [0.717, 1.165) is 6.92 Å². The Morgan fingerprint density at radius 3 is 2.50 bits per heavy atom. The Morgan fingerprint density at radius 2 is 2.00 bits per heavy atom. The Balaban J connectivity index is 2.62. The van der Waals surface area contributed by atoms with Gasteiger partial charge in [0.2, 0.25) is 0 Å². The van der Waals surface area contributed by atoms with Crippen molar-refractivity contribution in [2.24, 2.45) is 0 Å². The van der Waals surface area contributed by atoms with Crippen LogP contribution in [0.3, 0.4) is 0 Å². The standard InChI is InChI=1S/C10H9BrF4O/c1-6(10(13,14)15)16-5-7-2-3-8(12)4-9(7)11/h2-4,6H,5H2,1H3. The maximum atomic E-state index is 12.7. The monoisotopic (exact) mass is 300 g/mol. The van der Waals surface area contributed by atoms with Gasteiger partial charge in [0.05, 0.1) is 6.61 Å². The van der Waals surface area contributed by atoms with E-state index in [9.17, 15) is 17.6 Å². The summed E-state index contributed by atoms with van der Waals surface area (Å²) in [5, 5.41) is 0. The van der Waals surface area contributed by atoms with Gasteiger partial charge in [-0.05, 0) is 24.6 Å². The second-order valence-corrected chi connectivity index (χ2v) is 4.08. The van der Waals surface area contributed by atoms with Crippen molar-refractivity contribution in [3.63, 3.8) is 0 Å². The highest BCUT2D eigenvalue weighted by Crippen LogP contribution is 2.25. The van der Waals surface area contributed by atoms with E-state index in [1.165, 1.54) is 18.2 Å². The third-order valence-electron chi connectivity index (χ3n) is 1.96. The van der Waals surface area contributed by atoms with Crippen molar-refractivity contribution in [1.82, 2.24) is 0 Å². The largest absolute Gasteiger partial charge is 0.414 e. The van der Waals surface area contributed by atoms with Crippen molar-refractivity contribution in [2.75, 3.05) is 0 Å². The Morgan fingerprint density at radius 1 is 1.38 bits per heavy atom. The van der Waals surface area contributed by atoms with Crippen molar-refractivity contribution in [3.8, 4) is 0 Å². The summed E-state index contributed by atoms with van der Waals surface area (Å²) in [7, 11) is 0. The fraction of sp³-hybridized carbons (Fsp3) is 0.400. The molecule has 16 heavy (non-hydrogen) atoms.